The van der Waals surface area contributed by atoms with E-state index in [0.29, 0.717) is 12.6 Å². The first-order valence-corrected chi connectivity index (χ1v) is 7.64. The van der Waals surface area contributed by atoms with Crippen molar-refractivity contribution in [2.24, 2.45) is 0 Å². The molecule has 0 aromatic heterocycles. The van der Waals surface area contributed by atoms with E-state index < -0.39 is 0 Å². The van der Waals surface area contributed by atoms with Crippen molar-refractivity contribution in [3.63, 3.8) is 0 Å². The molecule has 2 rings (SSSR count). The van der Waals surface area contributed by atoms with E-state index in [2.05, 4.69) is 39.6 Å². The first-order chi connectivity index (χ1) is 9.10. The average molecular weight is 325 g/mol. The van der Waals surface area contributed by atoms with Crippen LogP contribution in [0, 0.1) is 0 Å². The van der Waals surface area contributed by atoms with Crippen LogP contribution in [0.5, 0.6) is 0 Å². The Labute approximate surface area is 123 Å². The highest BCUT2D eigenvalue weighted by Gasteiger charge is 2.23. The molecular formula is C15H21BrN2O. The van der Waals surface area contributed by atoms with E-state index in [1.807, 2.05) is 24.3 Å². The summed E-state index contributed by atoms with van der Waals surface area (Å²) >= 11 is 3.39. The van der Waals surface area contributed by atoms with Crippen molar-refractivity contribution in [2.75, 3.05) is 32.7 Å². The van der Waals surface area contributed by atoms with Crippen molar-refractivity contribution in [1.82, 2.24) is 9.80 Å². The van der Waals surface area contributed by atoms with E-state index in [0.717, 1.165) is 36.2 Å². The van der Waals surface area contributed by atoms with Gasteiger partial charge in [-0.15, -0.1) is 0 Å². The van der Waals surface area contributed by atoms with Crippen LogP contribution in [0.4, 0.5) is 0 Å². The number of hydrogen-bond acceptors (Lipinski definition) is 3. The number of rotatable bonds is 4. The van der Waals surface area contributed by atoms with Crippen LogP contribution in [0.1, 0.15) is 24.2 Å². The fourth-order valence-electron chi connectivity index (χ4n) is 2.61. The van der Waals surface area contributed by atoms with Gasteiger partial charge in [0.05, 0.1) is 6.54 Å². The summed E-state index contributed by atoms with van der Waals surface area (Å²) in [6, 6.07) is 8.16. The molecule has 1 atom stereocenters. The molecule has 0 aliphatic carbocycles. The zero-order chi connectivity index (χ0) is 13.8. The van der Waals surface area contributed by atoms with Crippen LogP contribution >= 0.6 is 15.9 Å². The van der Waals surface area contributed by atoms with Crippen LogP contribution in [0.3, 0.4) is 0 Å². The molecule has 1 aromatic carbocycles. The summed E-state index contributed by atoms with van der Waals surface area (Å²) < 4.78 is 1.01. The molecule has 0 radical (unpaired) electrons. The number of piperazine rings is 1. The monoisotopic (exact) mass is 324 g/mol. The summed E-state index contributed by atoms with van der Waals surface area (Å²) in [7, 11) is 0. The van der Waals surface area contributed by atoms with Gasteiger partial charge in [-0.05, 0) is 25.6 Å². The second kappa shape index (κ2) is 6.64. The summed E-state index contributed by atoms with van der Waals surface area (Å²) in [4.78, 5) is 16.9. The topological polar surface area (TPSA) is 23.6 Å². The first kappa shape index (κ1) is 14.7. The molecule has 0 saturated carbocycles. The largest absolute Gasteiger partial charge is 0.298 e. The van der Waals surface area contributed by atoms with Crippen molar-refractivity contribution < 1.29 is 4.79 Å². The van der Waals surface area contributed by atoms with Gasteiger partial charge in [0.2, 0.25) is 0 Å². The Hall–Kier alpha value is -0.710. The zero-order valence-electron chi connectivity index (χ0n) is 11.6. The number of hydrogen-bond donors (Lipinski definition) is 0. The summed E-state index contributed by atoms with van der Waals surface area (Å²) in [5.41, 5.74) is 0.800. The number of halogens is 1. The smallest absolute Gasteiger partial charge is 0.176 e. The first-order valence-electron chi connectivity index (χ1n) is 6.85. The fraction of sp³-hybridized carbons (Fsp3) is 0.533. The maximum atomic E-state index is 12.2. The van der Waals surface area contributed by atoms with Crippen molar-refractivity contribution in [2.45, 2.75) is 19.9 Å². The van der Waals surface area contributed by atoms with E-state index in [4.69, 9.17) is 0 Å². The van der Waals surface area contributed by atoms with E-state index in [9.17, 15) is 4.79 Å². The van der Waals surface area contributed by atoms with E-state index in [1.54, 1.807) is 0 Å². The van der Waals surface area contributed by atoms with Crippen molar-refractivity contribution in [3.8, 4) is 0 Å². The highest BCUT2D eigenvalue weighted by molar-refractivity contribution is 9.10. The molecule has 104 valence electrons. The lowest BCUT2D eigenvalue weighted by Gasteiger charge is -2.39. The Balaban J connectivity index is 1.91. The molecule has 1 aliphatic heterocycles. The van der Waals surface area contributed by atoms with Crippen LogP contribution in [-0.2, 0) is 0 Å². The van der Waals surface area contributed by atoms with Crippen molar-refractivity contribution in [3.05, 3.63) is 34.3 Å². The van der Waals surface area contributed by atoms with Gasteiger partial charge < -0.3 is 0 Å². The summed E-state index contributed by atoms with van der Waals surface area (Å²) in [6.45, 7) is 9.08. The summed E-state index contributed by atoms with van der Waals surface area (Å²) in [5.74, 6) is 0.213. The molecule has 0 amide bonds. The van der Waals surface area contributed by atoms with Crippen LogP contribution in [0.15, 0.2) is 28.7 Å². The number of Topliss-reactive ketones (excluding diaryl/α,β-unsaturated/α-hetero) is 1. The number of ketones is 1. The Morgan fingerprint density at radius 3 is 2.58 bits per heavy atom. The van der Waals surface area contributed by atoms with Gasteiger partial charge >= 0.3 is 0 Å². The van der Waals surface area contributed by atoms with E-state index >= 15 is 0 Å². The van der Waals surface area contributed by atoms with Gasteiger partial charge in [-0.2, -0.15) is 0 Å². The van der Waals surface area contributed by atoms with Gasteiger partial charge in [-0.25, -0.2) is 0 Å². The lowest BCUT2D eigenvalue weighted by atomic mass is 10.1. The second-order valence-electron chi connectivity index (χ2n) is 5.14. The van der Waals surface area contributed by atoms with E-state index in [1.165, 1.54) is 0 Å². The highest BCUT2D eigenvalue weighted by atomic mass is 79.9. The Bertz CT molecular complexity index is 432. The molecule has 1 aliphatic rings. The molecule has 1 saturated heterocycles. The van der Waals surface area contributed by atoms with Crippen LogP contribution in [0.25, 0.3) is 0 Å². The SMILES string of the molecule is CCN1CCN(CC(=O)c2ccc(Br)cc2)CC1C. The minimum atomic E-state index is 0.213. The Kier molecular flexibility index (Phi) is 5.13. The van der Waals surface area contributed by atoms with Gasteiger partial charge in [0, 0.05) is 35.7 Å². The average Bonchev–Trinajstić information content (AvgIpc) is 2.39. The van der Waals surface area contributed by atoms with Gasteiger partial charge in [0.15, 0.2) is 5.78 Å². The normalized spacial score (nSPS) is 21.5. The molecule has 19 heavy (non-hydrogen) atoms. The molecule has 0 N–H and O–H groups in total. The summed E-state index contributed by atoms with van der Waals surface area (Å²) in [6.07, 6.45) is 0. The maximum Gasteiger partial charge on any atom is 0.176 e. The van der Waals surface area contributed by atoms with Crippen molar-refractivity contribution in [1.29, 1.82) is 0 Å². The van der Waals surface area contributed by atoms with Gasteiger partial charge in [0.25, 0.3) is 0 Å². The third-order valence-corrected chi connectivity index (χ3v) is 4.32. The molecule has 3 nitrogen and oxygen atoms in total. The highest BCUT2D eigenvalue weighted by Crippen LogP contribution is 2.13. The minimum absolute atomic E-state index is 0.213. The molecule has 0 bridgehead atoms. The number of nitrogens with zero attached hydrogens (tertiary/aromatic N) is 2. The maximum absolute atomic E-state index is 12.2. The number of carbonyl (C=O) groups is 1. The predicted octanol–water partition coefficient (Wildman–Crippen LogP) is 2.66. The third kappa shape index (κ3) is 3.88. The molecule has 1 unspecified atom stereocenters. The van der Waals surface area contributed by atoms with Gasteiger partial charge in [-0.1, -0.05) is 35.0 Å². The minimum Gasteiger partial charge on any atom is -0.298 e. The van der Waals surface area contributed by atoms with Gasteiger partial charge in [-0.3, -0.25) is 14.6 Å². The number of benzene rings is 1. The summed E-state index contributed by atoms with van der Waals surface area (Å²) in [5, 5.41) is 0. The number of likely N-dealkylation sites (N-methyl/N-ethyl adjacent to an activating group) is 1. The fourth-order valence-corrected chi connectivity index (χ4v) is 2.88. The van der Waals surface area contributed by atoms with Gasteiger partial charge in [0.1, 0.15) is 0 Å². The molecule has 0 spiro atoms. The van der Waals surface area contributed by atoms with Crippen LogP contribution < -0.4 is 0 Å². The van der Waals surface area contributed by atoms with Crippen molar-refractivity contribution >= 4 is 21.7 Å². The van der Waals surface area contributed by atoms with Crippen LogP contribution in [-0.4, -0.2) is 54.3 Å². The quantitative estimate of drug-likeness (QED) is 0.795. The Morgan fingerprint density at radius 1 is 1.32 bits per heavy atom. The molecule has 1 fully saturated rings. The standard InChI is InChI=1S/C15H21BrN2O/c1-3-18-9-8-17(10-12(18)2)11-15(19)13-4-6-14(16)7-5-13/h4-7,12H,3,8-11H2,1-2H3. The molecule has 1 heterocycles. The second-order valence-corrected chi connectivity index (χ2v) is 6.06. The molecular weight excluding hydrogens is 304 g/mol. The van der Waals surface area contributed by atoms with E-state index in [-0.39, 0.29) is 5.78 Å². The lowest BCUT2D eigenvalue weighted by molar-refractivity contribution is 0.0723. The lowest BCUT2D eigenvalue weighted by Crippen LogP contribution is -2.52. The number of carbonyl (C=O) groups excluding carboxylic acids is 1. The third-order valence-electron chi connectivity index (χ3n) is 3.79. The Morgan fingerprint density at radius 2 is 2.00 bits per heavy atom. The zero-order valence-corrected chi connectivity index (χ0v) is 13.2. The predicted molar refractivity (Wildman–Crippen MR) is 81.6 cm³/mol. The molecule has 1 aromatic rings. The van der Waals surface area contributed by atoms with Crippen LogP contribution in [0.2, 0.25) is 0 Å². The molecule has 4 heteroatoms.